The maximum absolute atomic E-state index is 13.7. The van der Waals surface area contributed by atoms with Gasteiger partial charge in [-0.05, 0) is 37.3 Å². The van der Waals surface area contributed by atoms with E-state index in [0.29, 0.717) is 34.7 Å². The summed E-state index contributed by atoms with van der Waals surface area (Å²) in [6.45, 7) is 2.39. The van der Waals surface area contributed by atoms with Crippen LogP contribution in [0.4, 0.5) is 8.78 Å². The molecule has 0 spiro atoms. The SMILES string of the molecule is CCOc1cccc(-c2cc(C(F)F)n3ncc(C#Cc4cccnc4)c3n2)c1. The lowest BCUT2D eigenvalue weighted by molar-refractivity contribution is 0.143. The molecule has 5 nitrogen and oxygen atoms in total. The first-order chi connectivity index (χ1) is 14.2. The topological polar surface area (TPSA) is 52.3 Å². The summed E-state index contributed by atoms with van der Waals surface area (Å²) >= 11 is 0. The molecule has 7 heteroatoms. The summed E-state index contributed by atoms with van der Waals surface area (Å²) in [6.07, 6.45) is 2.01. The Bertz CT molecular complexity index is 1210. The average Bonchev–Trinajstić information content (AvgIpc) is 3.15. The Morgan fingerprint density at radius 2 is 2.00 bits per heavy atom. The smallest absolute Gasteiger partial charge is 0.280 e. The van der Waals surface area contributed by atoms with Crippen molar-refractivity contribution in [3.8, 4) is 28.8 Å². The van der Waals surface area contributed by atoms with Gasteiger partial charge in [0.05, 0.1) is 24.1 Å². The second kappa shape index (κ2) is 8.07. The highest BCUT2D eigenvalue weighted by Crippen LogP contribution is 2.28. The summed E-state index contributed by atoms with van der Waals surface area (Å²) < 4.78 is 34.0. The lowest BCUT2D eigenvalue weighted by atomic mass is 10.1. The van der Waals surface area contributed by atoms with Crippen LogP contribution in [0.25, 0.3) is 16.9 Å². The number of benzene rings is 1. The Kier molecular flexibility index (Phi) is 5.16. The largest absolute Gasteiger partial charge is 0.494 e. The first kappa shape index (κ1) is 18.6. The number of hydrogen-bond acceptors (Lipinski definition) is 4. The Labute approximate surface area is 166 Å². The van der Waals surface area contributed by atoms with Crippen molar-refractivity contribution in [2.24, 2.45) is 0 Å². The van der Waals surface area contributed by atoms with Gasteiger partial charge in [-0.3, -0.25) is 4.98 Å². The van der Waals surface area contributed by atoms with Crippen LogP contribution in [-0.2, 0) is 0 Å². The maximum atomic E-state index is 13.7. The van der Waals surface area contributed by atoms with E-state index in [1.807, 2.05) is 19.1 Å². The molecule has 0 radical (unpaired) electrons. The van der Waals surface area contributed by atoms with Gasteiger partial charge in [-0.25, -0.2) is 18.3 Å². The summed E-state index contributed by atoms with van der Waals surface area (Å²) in [6, 6.07) is 12.1. The van der Waals surface area contributed by atoms with Crippen LogP contribution < -0.4 is 4.74 Å². The maximum Gasteiger partial charge on any atom is 0.280 e. The number of ether oxygens (including phenoxy) is 1. The molecule has 3 aromatic heterocycles. The lowest BCUT2D eigenvalue weighted by Gasteiger charge is -2.09. The molecule has 0 unspecified atom stereocenters. The molecule has 3 heterocycles. The number of aromatic nitrogens is 4. The zero-order chi connectivity index (χ0) is 20.2. The number of halogens is 2. The number of fused-ring (bicyclic) bond motifs is 1. The van der Waals surface area contributed by atoms with Crippen molar-refractivity contribution < 1.29 is 13.5 Å². The van der Waals surface area contributed by atoms with Crippen LogP contribution in [0.15, 0.2) is 61.1 Å². The fraction of sp³-hybridized carbons (Fsp3) is 0.136. The number of alkyl halides is 2. The Balaban J connectivity index is 1.85. The molecule has 0 fully saturated rings. The molecule has 0 atom stereocenters. The summed E-state index contributed by atoms with van der Waals surface area (Å²) in [5, 5.41) is 4.07. The molecule has 29 heavy (non-hydrogen) atoms. The van der Waals surface area contributed by atoms with Gasteiger partial charge in [0.25, 0.3) is 6.43 Å². The first-order valence-corrected chi connectivity index (χ1v) is 8.98. The quantitative estimate of drug-likeness (QED) is 0.481. The second-order valence-corrected chi connectivity index (χ2v) is 6.11. The van der Waals surface area contributed by atoms with Gasteiger partial charge in [-0.1, -0.05) is 24.0 Å². The Hall–Kier alpha value is -3.79. The van der Waals surface area contributed by atoms with Crippen molar-refractivity contribution in [3.05, 3.63) is 77.9 Å². The molecule has 4 rings (SSSR count). The third-order valence-electron chi connectivity index (χ3n) is 4.17. The van der Waals surface area contributed by atoms with Gasteiger partial charge in [0.2, 0.25) is 0 Å². The number of rotatable bonds is 4. The third kappa shape index (κ3) is 3.92. The van der Waals surface area contributed by atoms with Crippen LogP contribution in [0.1, 0.15) is 30.2 Å². The van der Waals surface area contributed by atoms with Gasteiger partial charge in [0.15, 0.2) is 5.65 Å². The monoisotopic (exact) mass is 390 g/mol. The van der Waals surface area contributed by atoms with Gasteiger partial charge in [0.1, 0.15) is 11.4 Å². The Morgan fingerprint density at radius 1 is 1.10 bits per heavy atom. The van der Waals surface area contributed by atoms with Crippen molar-refractivity contribution in [3.63, 3.8) is 0 Å². The van der Waals surface area contributed by atoms with E-state index in [4.69, 9.17) is 4.74 Å². The van der Waals surface area contributed by atoms with Gasteiger partial charge < -0.3 is 4.74 Å². The molecule has 0 saturated carbocycles. The minimum absolute atomic E-state index is 0.249. The number of hydrogen-bond donors (Lipinski definition) is 0. The molecule has 0 aliphatic rings. The van der Waals surface area contributed by atoms with E-state index in [1.54, 1.807) is 36.7 Å². The average molecular weight is 390 g/mol. The van der Waals surface area contributed by atoms with Gasteiger partial charge in [-0.2, -0.15) is 5.10 Å². The highest BCUT2D eigenvalue weighted by atomic mass is 19.3. The van der Waals surface area contributed by atoms with E-state index in [2.05, 4.69) is 26.9 Å². The minimum atomic E-state index is -2.71. The van der Waals surface area contributed by atoms with E-state index in [0.717, 1.165) is 4.52 Å². The molecule has 0 aliphatic heterocycles. The zero-order valence-corrected chi connectivity index (χ0v) is 15.5. The van der Waals surface area contributed by atoms with Gasteiger partial charge >= 0.3 is 0 Å². The van der Waals surface area contributed by atoms with Gasteiger partial charge in [-0.15, -0.1) is 0 Å². The molecule has 4 aromatic rings. The van der Waals surface area contributed by atoms with E-state index in [-0.39, 0.29) is 11.3 Å². The van der Waals surface area contributed by atoms with Crippen LogP contribution in [0.3, 0.4) is 0 Å². The molecule has 0 bridgehead atoms. The molecule has 0 aliphatic carbocycles. The van der Waals surface area contributed by atoms with Crippen molar-refractivity contribution in [1.29, 1.82) is 0 Å². The molecule has 0 amide bonds. The van der Waals surface area contributed by atoms with Crippen molar-refractivity contribution in [2.75, 3.05) is 6.61 Å². The van der Waals surface area contributed by atoms with Crippen LogP contribution in [0, 0.1) is 11.8 Å². The van der Waals surface area contributed by atoms with Gasteiger partial charge in [0, 0.05) is 23.5 Å². The first-order valence-electron chi connectivity index (χ1n) is 8.98. The summed E-state index contributed by atoms with van der Waals surface area (Å²) in [5.74, 6) is 6.56. The lowest BCUT2D eigenvalue weighted by Crippen LogP contribution is -2.03. The molecule has 1 aromatic carbocycles. The van der Waals surface area contributed by atoms with Crippen LogP contribution in [0.5, 0.6) is 5.75 Å². The predicted octanol–water partition coefficient (Wildman–Crippen LogP) is 4.53. The fourth-order valence-corrected chi connectivity index (χ4v) is 2.87. The van der Waals surface area contributed by atoms with E-state index in [1.165, 1.54) is 12.3 Å². The van der Waals surface area contributed by atoms with Crippen molar-refractivity contribution in [2.45, 2.75) is 13.3 Å². The third-order valence-corrected chi connectivity index (χ3v) is 4.17. The summed E-state index contributed by atoms with van der Waals surface area (Å²) in [7, 11) is 0. The van der Waals surface area contributed by atoms with E-state index in [9.17, 15) is 8.78 Å². The molecular formula is C22H16F2N4O. The molecule has 144 valence electrons. The number of nitrogens with zero attached hydrogens (tertiary/aromatic N) is 4. The fourth-order valence-electron chi connectivity index (χ4n) is 2.87. The standard InChI is InChI=1S/C22H16F2N4O/c1-2-29-18-7-3-6-16(11-18)19-12-20(21(23)24)28-22(27-19)17(14-26-28)9-8-15-5-4-10-25-13-15/h3-7,10-14,21H,2H2,1H3. The summed E-state index contributed by atoms with van der Waals surface area (Å²) in [4.78, 5) is 8.57. The minimum Gasteiger partial charge on any atom is -0.494 e. The number of pyridine rings is 1. The van der Waals surface area contributed by atoms with Crippen LogP contribution >= 0.6 is 0 Å². The second-order valence-electron chi connectivity index (χ2n) is 6.11. The van der Waals surface area contributed by atoms with E-state index >= 15 is 0 Å². The zero-order valence-electron chi connectivity index (χ0n) is 15.5. The van der Waals surface area contributed by atoms with Crippen molar-refractivity contribution >= 4 is 5.65 Å². The highest BCUT2D eigenvalue weighted by Gasteiger charge is 2.18. The molecule has 0 N–H and O–H groups in total. The molecular weight excluding hydrogens is 374 g/mol. The normalized spacial score (nSPS) is 10.8. The van der Waals surface area contributed by atoms with Crippen molar-refractivity contribution in [1.82, 2.24) is 19.6 Å². The highest BCUT2D eigenvalue weighted by molar-refractivity contribution is 5.67. The Morgan fingerprint density at radius 3 is 2.76 bits per heavy atom. The van der Waals surface area contributed by atoms with Crippen LogP contribution in [-0.4, -0.2) is 26.2 Å². The molecule has 0 saturated heterocycles. The summed E-state index contributed by atoms with van der Waals surface area (Å²) in [5.41, 5.74) is 2.27. The van der Waals surface area contributed by atoms with Crippen LogP contribution in [0.2, 0.25) is 0 Å². The van der Waals surface area contributed by atoms with E-state index < -0.39 is 6.43 Å². The predicted molar refractivity (Wildman–Crippen MR) is 105 cm³/mol.